The average Bonchev–Trinajstić information content (AvgIpc) is 2.15. The van der Waals surface area contributed by atoms with Crippen molar-refractivity contribution in [3.05, 3.63) is 18.2 Å². The molecular formula is C8H9ClO4S. The fourth-order valence-corrected chi connectivity index (χ4v) is 2.06. The van der Waals surface area contributed by atoms with Crippen molar-refractivity contribution >= 4 is 19.7 Å². The normalized spacial score (nSPS) is 11.1. The van der Waals surface area contributed by atoms with E-state index in [-0.39, 0.29) is 10.6 Å². The van der Waals surface area contributed by atoms with Crippen LogP contribution in [0.4, 0.5) is 0 Å². The smallest absolute Gasteiger partial charge is 0.265 e. The molecule has 0 fully saturated rings. The van der Waals surface area contributed by atoms with Crippen molar-refractivity contribution in [1.82, 2.24) is 0 Å². The third-order valence-corrected chi connectivity index (χ3v) is 2.98. The Morgan fingerprint density at radius 3 is 2.29 bits per heavy atom. The molecule has 0 heterocycles. The molecule has 1 aromatic rings. The Kier molecular flexibility index (Phi) is 3.23. The maximum atomic E-state index is 11.1. The Morgan fingerprint density at radius 2 is 1.86 bits per heavy atom. The summed E-state index contributed by atoms with van der Waals surface area (Å²) in [6.45, 7) is 0. The first-order valence-corrected chi connectivity index (χ1v) is 5.97. The van der Waals surface area contributed by atoms with Crippen LogP contribution in [0.5, 0.6) is 11.5 Å². The van der Waals surface area contributed by atoms with Crippen molar-refractivity contribution in [2.45, 2.75) is 4.90 Å². The van der Waals surface area contributed by atoms with Crippen LogP contribution in [0, 0.1) is 0 Å². The lowest BCUT2D eigenvalue weighted by atomic mass is 10.3. The van der Waals surface area contributed by atoms with E-state index in [1.165, 1.54) is 26.4 Å². The summed E-state index contributed by atoms with van der Waals surface area (Å²) in [6, 6.07) is 4.46. The van der Waals surface area contributed by atoms with E-state index in [2.05, 4.69) is 0 Å². The maximum absolute atomic E-state index is 11.1. The standard InChI is InChI=1S/C8H9ClO4S/c1-12-6-4-3-5-7(8(6)13-2)14(9,10)11/h3-5H,1-2H3. The average molecular weight is 237 g/mol. The summed E-state index contributed by atoms with van der Waals surface area (Å²) >= 11 is 0. The molecule has 0 aliphatic rings. The first kappa shape index (κ1) is 11.1. The van der Waals surface area contributed by atoms with E-state index in [4.69, 9.17) is 20.2 Å². The minimum absolute atomic E-state index is 0.0963. The van der Waals surface area contributed by atoms with Crippen molar-refractivity contribution < 1.29 is 17.9 Å². The molecule has 0 unspecified atom stereocenters. The summed E-state index contributed by atoms with van der Waals surface area (Å²) in [6.07, 6.45) is 0. The highest BCUT2D eigenvalue weighted by atomic mass is 35.7. The number of hydrogen-bond donors (Lipinski definition) is 0. The molecule has 14 heavy (non-hydrogen) atoms. The second kappa shape index (κ2) is 4.06. The quantitative estimate of drug-likeness (QED) is 0.749. The first-order chi connectivity index (χ1) is 6.50. The van der Waals surface area contributed by atoms with E-state index in [1.54, 1.807) is 6.07 Å². The van der Waals surface area contributed by atoms with Crippen molar-refractivity contribution in [3.63, 3.8) is 0 Å². The Balaban J connectivity index is 3.45. The molecule has 0 saturated heterocycles. The van der Waals surface area contributed by atoms with Gasteiger partial charge in [-0.1, -0.05) is 6.07 Å². The Bertz CT molecular complexity index is 427. The molecule has 0 aliphatic carbocycles. The minimum Gasteiger partial charge on any atom is -0.493 e. The number of rotatable bonds is 3. The molecule has 0 saturated carbocycles. The van der Waals surface area contributed by atoms with Gasteiger partial charge in [0.1, 0.15) is 4.90 Å². The molecule has 0 atom stereocenters. The van der Waals surface area contributed by atoms with Crippen LogP contribution in [0.3, 0.4) is 0 Å². The van der Waals surface area contributed by atoms with E-state index < -0.39 is 9.05 Å². The van der Waals surface area contributed by atoms with E-state index in [0.29, 0.717) is 5.75 Å². The Morgan fingerprint density at radius 1 is 1.21 bits per heavy atom. The number of hydrogen-bond acceptors (Lipinski definition) is 4. The highest BCUT2D eigenvalue weighted by Crippen LogP contribution is 2.35. The molecule has 1 rings (SSSR count). The largest absolute Gasteiger partial charge is 0.493 e. The highest BCUT2D eigenvalue weighted by molar-refractivity contribution is 8.13. The number of ether oxygens (including phenoxy) is 2. The summed E-state index contributed by atoms with van der Waals surface area (Å²) in [5.74, 6) is 0.444. The van der Waals surface area contributed by atoms with Gasteiger partial charge in [-0.3, -0.25) is 0 Å². The third-order valence-electron chi connectivity index (χ3n) is 1.63. The maximum Gasteiger partial charge on any atom is 0.265 e. The zero-order valence-electron chi connectivity index (χ0n) is 7.65. The Hall–Kier alpha value is -0.940. The van der Waals surface area contributed by atoms with Crippen molar-refractivity contribution in [2.75, 3.05) is 14.2 Å². The summed E-state index contributed by atoms with van der Waals surface area (Å²) in [7, 11) is 4.17. The van der Waals surface area contributed by atoms with E-state index >= 15 is 0 Å². The van der Waals surface area contributed by atoms with Gasteiger partial charge in [-0.2, -0.15) is 0 Å². The molecule has 6 heteroatoms. The van der Waals surface area contributed by atoms with Crippen LogP contribution in [0.25, 0.3) is 0 Å². The zero-order valence-corrected chi connectivity index (χ0v) is 9.22. The monoisotopic (exact) mass is 236 g/mol. The molecule has 4 nitrogen and oxygen atoms in total. The molecule has 0 N–H and O–H groups in total. The van der Waals surface area contributed by atoms with E-state index in [9.17, 15) is 8.42 Å². The van der Waals surface area contributed by atoms with Gasteiger partial charge in [0, 0.05) is 10.7 Å². The first-order valence-electron chi connectivity index (χ1n) is 3.66. The predicted molar refractivity (Wildman–Crippen MR) is 52.6 cm³/mol. The van der Waals surface area contributed by atoms with Gasteiger partial charge in [-0.15, -0.1) is 0 Å². The van der Waals surface area contributed by atoms with Gasteiger partial charge in [0.15, 0.2) is 11.5 Å². The lowest BCUT2D eigenvalue weighted by Crippen LogP contribution is -1.98. The van der Waals surface area contributed by atoms with Gasteiger partial charge >= 0.3 is 0 Å². The van der Waals surface area contributed by atoms with Gasteiger partial charge in [-0.25, -0.2) is 8.42 Å². The van der Waals surface area contributed by atoms with Crippen LogP contribution in [0.1, 0.15) is 0 Å². The molecule has 0 amide bonds. The predicted octanol–water partition coefficient (Wildman–Crippen LogP) is 1.63. The molecule has 0 aromatic heterocycles. The van der Waals surface area contributed by atoms with Crippen molar-refractivity contribution in [2.24, 2.45) is 0 Å². The van der Waals surface area contributed by atoms with Crippen LogP contribution in [-0.2, 0) is 9.05 Å². The topological polar surface area (TPSA) is 52.6 Å². The molecule has 0 bridgehead atoms. The summed E-state index contributed by atoms with van der Waals surface area (Å²) in [5.41, 5.74) is 0. The molecular weight excluding hydrogens is 228 g/mol. The van der Waals surface area contributed by atoms with Gasteiger partial charge in [-0.05, 0) is 12.1 Å². The number of methoxy groups -OCH3 is 2. The number of halogens is 1. The second-order valence-electron chi connectivity index (χ2n) is 2.43. The molecule has 1 aromatic carbocycles. The van der Waals surface area contributed by atoms with Crippen LogP contribution in [0.2, 0.25) is 0 Å². The van der Waals surface area contributed by atoms with Crippen LogP contribution in [0.15, 0.2) is 23.1 Å². The van der Waals surface area contributed by atoms with E-state index in [0.717, 1.165) is 0 Å². The van der Waals surface area contributed by atoms with Gasteiger partial charge in [0.25, 0.3) is 9.05 Å². The summed E-state index contributed by atoms with van der Waals surface area (Å²) in [4.78, 5) is -0.0963. The lowest BCUT2D eigenvalue weighted by molar-refractivity contribution is 0.347. The summed E-state index contributed by atoms with van der Waals surface area (Å²) in [5, 5.41) is 0. The Labute approximate surface area is 86.8 Å². The van der Waals surface area contributed by atoms with Crippen LogP contribution in [-0.4, -0.2) is 22.6 Å². The van der Waals surface area contributed by atoms with E-state index in [1.807, 2.05) is 0 Å². The molecule has 0 spiro atoms. The molecule has 0 radical (unpaired) electrons. The number of para-hydroxylation sites is 1. The minimum atomic E-state index is -3.81. The second-order valence-corrected chi connectivity index (χ2v) is 4.96. The number of benzene rings is 1. The summed E-state index contributed by atoms with van der Waals surface area (Å²) < 4.78 is 32.1. The molecule has 78 valence electrons. The SMILES string of the molecule is COc1cccc(S(=O)(=O)Cl)c1OC. The third kappa shape index (κ3) is 2.10. The highest BCUT2D eigenvalue weighted by Gasteiger charge is 2.19. The zero-order chi connectivity index (χ0) is 10.8. The molecule has 0 aliphatic heterocycles. The van der Waals surface area contributed by atoms with Crippen molar-refractivity contribution in [3.8, 4) is 11.5 Å². The lowest BCUT2D eigenvalue weighted by Gasteiger charge is -2.09. The van der Waals surface area contributed by atoms with Gasteiger partial charge < -0.3 is 9.47 Å². The van der Waals surface area contributed by atoms with Gasteiger partial charge in [0.2, 0.25) is 0 Å². The fourth-order valence-electron chi connectivity index (χ4n) is 1.05. The van der Waals surface area contributed by atoms with Crippen LogP contribution >= 0.6 is 10.7 Å². The van der Waals surface area contributed by atoms with Crippen LogP contribution < -0.4 is 9.47 Å². The van der Waals surface area contributed by atoms with Gasteiger partial charge in [0.05, 0.1) is 14.2 Å². The fraction of sp³-hybridized carbons (Fsp3) is 0.250. The van der Waals surface area contributed by atoms with Crippen molar-refractivity contribution in [1.29, 1.82) is 0 Å².